The zero-order chi connectivity index (χ0) is 19.9. The summed E-state index contributed by atoms with van der Waals surface area (Å²) in [4.78, 5) is 27.2. The molecule has 1 aromatic carbocycles. The highest BCUT2D eigenvalue weighted by Gasteiger charge is 2.29. The van der Waals surface area contributed by atoms with Crippen molar-refractivity contribution in [1.29, 1.82) is 0 Å². The topological polar surface area (TPSA) is 53.8 Å². The molecule has 0 saturated carbocycles. The molecule has 0 spiro atoms. The monoisotopic (exact) mass is 374 g/mol. The highest BCUT2D eigenvalue weighted by molar-refractivity contribution is 5.97. The van der Waals surface area contributed by atoms with Gasteiger partial charge in [-0.25, -0.2) is 4.39 Å². The first-order chi connectivity index (χ1) is 12.7. The highest BCUT2D eigenvalue weighted by Crippen LogP contribution is 2.38. The Morgan fingerprint density at radius 1 is 1.30 bits per heavy atom. The fourth-order valence-electron chi connectivity index (χ4n) is 3.79. The lowest BCUT2D eigenvalue weighted by Gasteiger charge is -2.32. The lowest BCUT2D eigenvalue weighted by Crippen LogP contribution is -2.37. The van der Waals surface area contributed by atoms with Crippen LogP contribution in [0.25, 0.3) is 11.0 Å². The molecular weight excluding hydrogens is 347 g/mol. The number of carbonyl (C=O) groups excluding carboxylic acids is 2. The number of benzene rings is 1. The van der Waals surface area contributed by atoms with Crippen LogP contribution in [0.4, 0.5) is 4.39 Å². The quantitative estimate of drug-likeness (QED) is 0.812. The second-order valence-electron chi connectivity index (χ2n) is 7.88. The van der Waals surface area contributed by atoms with E-state index < -0.39 is 0 Å². The largest absolute Gasteiger partial charge is 0.450 e. The van der Waals surface area contributed by atoms with Gasteiger partial charge in [-0.2, -0.15) is 0 Å². The first-order valence-corrected chi connectivity index (χ1v) is 9.43. The Morgan fingerprint density at radius 3 is 2.59 bits per heavy atom. The third-order valence-electron chi connectivity index (χ3n) is 5.34. The Kier molecular flexibility index (Phi) is 5.27. The molecule has 0 unspecified atom stereocenters. The smallest absolute Gasteiger partial charge is 0.289 e. The third-order valence-corrected chi connectivity index (χ3v) is 5.34. The Balaban J connectivity index is 2.12. The third kappa shape index (κ3) is 3.57. The molecule has 3 rings (SSSR count). The fraction of sp³-hybridized carbons (Fsp3) is 0.524. The highest BCUT2D eigenvalue weighted by atomic mass is 19.1. The van der Waals surface area contributed by atoms with Gasteiger partial charge < -0.3 is 14.2 Å². The van der Waals surface area contributed by atoms with Gasteiger partial charge in [0, 0.05) is 46.1 Å². The molecule has 6 heteroatoms. The molecule has 2 heterocycles. The van der Waals surface area contributed by atoms with Crippen molar-refractivity contribution >= 4 is 22.8 Å². The minimum Gasteiger partial charge on any atom is -0.450 e. The molecule has 5 nitrogen and oxygen atoms in total. The van der Waals surface area contributed by atoms with Crippen LogP contribution in [-0.4, -0.2) is 48.8 Å². The molecule has 2 aromatic rings. The van der Waals surface area contributed by atoms with E-state index >= 15 is 4.39 Å². The number of halogens is 1. The average Bonchev–Trinajstić information content (AvgIpc) is 3.06. The summed E-state index contributed by atoms with van der Waals surface area (Å²) in [6.07, 6.45) is 1.69. The van der Waals surface area contributed by atoms with Crippen molar-refractivity contribution < 1.29 is 18.4 Å². The Bertz CT molecular complexity index is 885. The van der Waals surface area contributed by atoms with Crippen LogP contribution < -0.4 is 0 Å². The second-order valence-corrected chi connectivity index (χ2v) is 7.88. The molecule has 0 N–H and O–H groups in total. The average molecular weight is 374 g/mol. The van der Waals surface area contributed by atoms with Gasteiger partial charge in [0.25, 0.3) is 5.91 Å². The SMILES string of the molecule is CC(=O)N1CCC[C@H](c2cc(C(C)C)c3oc(C(=O)N(C)C)cc3c2F)C1. The Labute approximate surface area is 159 Å². The van der Waals surface area contributed by atoms with E-state index in [1.165, 1.54) is 11.0 Å². The number of likely N-dealkylation sites (tertiary alicyclic amines) is 1. The number of nitrogens with zero attached hydrogens (tertiary/aromatic N) is 2. The molecule has 0 radical (unpaired) electrons. The Hall–Kier alpha value is -2.37. The van der Waals surface area contributed by atoms with Crippen LogP contribution in [0.1, 0.15) is 67.1 Å². The molecule has 1 aliphatic rings. The van der Waals surface area contributed by atoms with Crippen LogP contribution >= 0.6 is 0 Å². The number of hydrogen-bond acceptors (Lipinski definition) is 3. The molecule has 0 bridgehead atoms. The lowest BCUT2D eigenvalue weighted by atomic mass is 9.86. The van der Waals surface area contributed by atoms with E-state index in [2.05, 4.69) is 0 Å². The van der Waals surface area contributed by atoms with E-state index in [9.17, 15) is 9.59 Å². The number of amides is 2. The number of furan rings is 1. The van der Waals surface area contributed by atoms with Gasteiger partial charge in [0.1, 0.15) is 11.4 Å². The molecule has 146 valence electrons. The van der Waals surface area contributed by atoms with Crippen LogP contribution in [0, 0.1) is 5.82 Å². The van der Waals surface area contributed by atoms with Crippen LogP contribution in [0.15, 0.2) is 16.5 Å². The van der Waals surface area contributed by atoms with Gasteiger partial charge in [-0.1, -0.05) is 13.8 Å². The van der Waals surface area contributed by atoms with Crippen molar-refractivity contribution in [1.82, 2.24) is 9.80 Å². The minimum absolute atomic E-state index is 0.0208. The van der Waals surface area contributed by atoms with Gasteiger partial charge in [-0.05, 0) is 36.0 Å². The molecule has 1 saturated heterocycles. The summed E-state index contributed by atoms with van der Waals surface area (Å²) in [5.41, 5.74) is 1.94. The van der Waals surface area contributed by atoms with Gasteiger partial charge >= 0.3 is 0 Å². The van der Waals surface area contributed by atoms with E-state index in [-0.39, 0.29) is 35.2 Å². The van der Waals surface area contributed by atoms with Gasteiger partial charge in [0.15, 0.2) is 5.76 Å². The van der Waals surface area contributed by atoms with E-state index in [1.54, 1.807) is 25.9 Å². The van der Waals surface area contributed by atoms with Gasteiger partial charge in [-0.3, -0.25) is 9.59 Å². The molecule has 27 heavy (non-hydrogen) atoms. The maximum atomic E-state index is 15.4. The van der Waals surface area contributed by atoms with Crippen LogP contribution in [0.5, 0.6) is 0 Å². The van der Waals surface area contributed by atoms with Gasteiger partial charge in [-0.15, -0.1) is 0 Å². The predicted octanol–water partition coefficient (Wildman–Crippen LogP) is 4.12. The van der Waals surface area contributed by atoms with Crippen molar-refractivity contribution in [3.05, 3.63) is 34.8 Å². The number of fused-ring (bicyclic) bond motifs is 1. The van der Waals surface area contributed by atoms with Gasteiger partial charge in [0.05, 0.1) is 5.39 Å². The molecule has 1 atom stereocenters. The van der Waals surface area contributed by atoms with Crippen molar-refractivity contribution in [3.63, 3.8) is 0 Å². The van der Waals surface area contributed by atoms with Crippen molar-refractivity contribution in [3.8, 4) is 0 Å². The van der Waals surface area contributed by atoms with E-state index in [1.807, 2.05) is 19.9 Å². The molecule has 0 aliphatic carbocycles. The number of piperidine rings is 1. The van der Waals surface area contributed by atoms with E-state index in [0.29, 0.717) is 23.1 Å². The minimum atomic E-state index is -0.341. The van der Waals surface area contributed by atoms with E-state index in [4.69, 9.17) is 4.42 Å². The maximum absolute atomic E-state index is 15.4. The standard InChI is InChI=1S/C21H27FN2O3/c1-12(2)15-9-16(14-7-6-8-24(11-14)13(3)25)19(22)17-10-18(27-20(15)17)21(26)23(4)5/h9-10,12,14H,6-8,11H2,1-5H3/t14-/m0/s1. The summed E-state index contributed by atoms with van der Waals surface area (Å²) >= 11 is 0. The fourth-order valence-corrected chi connectivity index (χ4v) is 3.79. The zero-order valence-electron chi connectivity index (χ0n) is 16.6. The normalized spacial score (nSPS) is 17.6. The van der Waals surface area contributed by atoms with Gasteiger partial charge in [0.2, 0.25) is 5.91 Å². The summed E-state index contributed by atoms with van der Waals surface area (Å²) in [5, 5.41) is 0.348. The zero-order valence-corrected chi connectivity index (χ0v) is 16.6. The lowest BCUT2D eigenvalue weighted by molar-refractivity contribution is -0.130. The molecule has 1 aromatic heterocycles. The summed E-state index contributed by atoms with van der Waals surface area (Å²) in [6, 6.07) is 3.37. The first kappa shape index (κ1) is 19.4. The molecular formula is C21H27FN2O3. The maximum Gasteiger partial charge on any atom is 0.289 e. The summed E-state index contributed by atoms with van der Waals surface area (Å²) < 4.78 is 21.2. The van der Waals surface area contributed by atoms with Crippen molar-refractivity contribution in [2.45, 2.75) is 45.4 Å². The van der Waals surface area contributed by atoms with Crippen molar-refractivity contribution in [2.75, 3.05) is 27.2 Å². The molecule has 1 aliphatic heterocycles. The summed E-state index contributed by atoms with van der Waals surface area (Å²) in [6.45, 7) is 6.84. The molecule has 1 fully saturated rings. The van der Waals surface area contributed by atoms with Crippen molar-refractivity contribution in [2.24, 2.45) is 0 Å². The summed E-state index contributed by atoms with van der Waals surface area (Å²) in [5.74, 6) is -0.400. The second kappa shape index (κ2) is 7.33. The Morgan fingerprint density at radius 2 is 2.00 bits per heavy atom. The number of carbonyl (C=O) groups is 2. The van der Waals surface area contributed by atoms with Crippen LogP contribution in [-0.2, 0) is 4.79 Å². The molecule has 2 amide bonds. The van der Waals surface area contributed by atoms with Crippen LogP contribution in [0.2, 0.25) is 0 Å². The predicted molar refractivity (Wildman–Crippen MR) is 103 cm³/mol. The summed E-state index contributed by atoms with van der Waals surface area (Å²) in [7, 11) is 3.28. The van der Waals surface area contributed by atoms with Crippen LogP contribution in [0.3, 0.4) is 0 Å². The number of hydrogen-bond donors (Lipinski definition) is 0. The first-order valence-electron chi connectivity index (χ1n) is 9.43. The number of rotatable bonds is 3. The van der Waals surface area contributed by atoms with E-state index in [0.717, 1.165) is 24.9 Å².